The third-order valence-electron chi connectivity index (χ3n) is 6.75. The maximum atomic E-state index is 2.22. The molecule has 0 aliphatic carbocycles. The van der Waals surface area contributed by atoms with Gasteiger partial charge in [0.15, 0.2) is 0 Å². The predicted octanol–water partition coefficient (Wildman–Crippen LogP) is 20.5. The van der Waals surface area contributed by atoms with Crippen LogP contribution in [-0.4, -0.2) is 0 Å². The minimum absolute atomic E-state index is 1.28. The fourth-order valence-electron chi connectivity index (χ4n) is 4.59. The highest BCUT2D eigenvalue weighted by Crippen LogP contribution is 2.24. The number of aryl methyl sites for hydroxylation is 4. The largest absolute Gasteiger partial charge is 0.0683 e. The highest BCUT2D eigenvalue weighted by atomic mass is 14.0. The number of rotatable bonds is 3. The summed E-state index contributed by atoms with van der Waals surface area (Å²) in [5, 5.41) is 0. The van der Waals surface area contributed by atoms with Crippen molar-refractivity contribution in [3.63, 3.8) is 0 Å². The lowest BCUT2D eigenvalue weighted by Gasteiger charge is -2.06. The van der Waals surface area contributed by atoms with Crippen molar-refractivity contribution in [2.45, 2.75) is 152 Å². The molecule has 0 aliphatic heterocycles. The van der Waals surface area contributed by atoms with Crippen LogP contribution in [0.4, 0.5) is 0 Å². The summed E-state index contributed by atoms with van der Waals surface area (Å²) < 4.78 is 0. The van der Waals surface area contributed by atoms with Crippen molar-refractivity contribution in [3.8, 4) is 33.4 Å². The zero-order valence-electron chi connectivity index (χ0n) is 42.0. The molecule has 0 aliphatic rings. The minimum atomic E-state index is 1.28. The second kappa shape index (κ2) is 52.3. The highest BCUT2D eigenvalue weighted by Gasteiger charge is 2.00. The van der Waals surface area contributed by atoms with E-state index in [2.05, 4.69) is 167 Å². The van der Waals surface area contributed by atoms with E-state index in [1.54, 1.807) is 0 Å². The van der Waals surface area contributed by atoms with E-state index in [0.29, 0.717) is 0 Å². The van der Waals surface area contributed by atoms with E-state index < -0.39 is 0 Å². The monoisotopic (exact) mass is 789 g/mol. The second-order valence-corrected chi connectivity index (χ2v) is 10.2. The Morgan fingerprint density at radius 2 is 0.500 bits per heavy atom. The fourth-order valence-corrected chi connectivity index (χ4v) is 4.59. The van der Waals surface area contributed by atoms with Gasteiger partial charge in [0.2, 0.25) is 0 Å². The van der Waals surface area contributed by atoms with Crippen molar-refractivity contribution in [2.75, 3.05) is 0 Å². The standard InChI is InChI=1S/C14H14.2C13H12.9C2H6/c1-11-8-9-14(12(2)10-11)13-6-4-3-5-7-13;1-11-6-5-9-13(10-11)12-7-3-2-4-8-12;1-11-7-9-13(10-8-11)12-5-3-2-4-6-12;9*1-2/h3-10H,1-2H3;2*2-10H,1H3;9*1-2H3. The molecule has 0 heterocycles. The summed E-state index contributed by atoms with van der Waals surface area (Å²) in [6.45, 7) is 44.5. The summed E-state index contributed by atoms with van der Waals surface area (Å²) in [6, 6.07) is 55.1. The van der Waals surface area contributed by atoms with Crippen LogP contribution in [0.1, 0.15) is 147 Å². The van der Waals surface area contributed by atoms with Crippen molar-refractivity contribution in [1.29, 1.82) is 0 Å². The van der Waals surface area contributed by atoms with Gasteiger partial charge in [0, 0.05) is 0 Å². The Hall–Kier alpha value is -4.68. The Morgan fingerprint density at radius 3 is 0.862 bits per heavy atom. The smallest absolute Gasteiger partial charge is 0.0155 e. The van der Waals surface area contributed by atoms with Gasteiger partial charge in [0.1, 0.15) is 0 Å². The maximum Gasteiger partial charge on any atom is -0.0155 e. The van der Waals surface area contributed by atoms with Gasteiger partial charge in [0.25, 0.3) is 0 Å². The molecule has 6 aromatic carbocycles. The first-order valence-electron chi connectivity index (χ1n) is 22.9. The van der Waals surface area contributed by atoms with Crippen molar-refractivity contribution >= 4 is 0 Å². The van der Waals surface area contributed by atoms with Crippen LogP contribution in [0.25, 0.3) is 33.4 Å². The average Bonchev–Trinajstić information content (AvgIpc) is 3.34. The van der Waals surface area contributed by atoms with Gasteiger partial charge >= 0.3 is 0 Å². The van der Waals surface area contributed by atoms with Gasteiger partial charge in [-0.1, -0.05) is 299 Å². The summed E-state index contributed by atoms with van der Waals surface area (Å²) in [5.41, 5.74) is 13.0. The van der Waals surface area contributed by atoms with Crippen LogP contribution in [0.5, 0.6) is 0 Å². The van der Waals surface area contributed by atoms with Gasteiger partial charge in [-0.2, -0.15) is 0 Å². The molecule has 58 heavy (non-hydrogen) atoms. The molecule has 0 N–H and O–H groups in total. The summed E-state index contributed by atoms with van der Waals surface area (Å²) in [4.78, 5) is 0. The van der Waals surface area contributed by atoms with E-state index in [1.807, 2.05) is 143 Å². The second-order valence-electron chi connectivity index (χ2n) is 10.2. The molecule has 0 unspecified atom stereocenters. The van der Waals surface area contributed by atoms with E-state index in [0.717, 1.165) is 0 Å². The fraction of sp³-hybridized carbons (Fsp3) is 0.379. The molecule has 0 radical (unpaired) electrons. The summed E-state index contributed by atoms with van der Waals surface area (Å²) in [7, 11) is 0. The molecule has 6 rings (SSSR count). The minimum Gasteiger partial charge on any atom is -0.0683 e. The topological polar surface area (TPSA) is 0 Å². The molecule has 0 aromatic heterocycles. The van der Waals surface area contributed by atoms with Crippen LogP contribution in [0.15, 0.2) is 158 Å². The van der Waals surface area contributed by atoms with Gasteiger partial charge < -0.3 is 0 Å². The molecule has 6 aromatic rings. The van der Waals surface area contributed by atoms with E-state index in [1.165, 1.54) is 55.6 Å². The van der Waals surface area contributed by atoms with Crippen LogP contribution >= 0.6 is 0 Å². The van der Waals surface area contributed by atoms with Gasteiger partial charge in [-0.05, 0) is 66.6 Å². The van der Waals surface area contributed by atoms with Crippen molar-refractivity contribution in [3.05, 3.63) is 180 Å². The normalized spacial score (nSPS) is 7.83. The number of hydrogen-bond donors (Lipinski definition) is 0. The average molecular weight is 789 g/mol. The maximum absolute atomic E-state index is 2.22. The van der Waals surface area contributed by atoms with E-state index in [9.17, 15) is 0 Å². The van der Waals surface area contributed by atoms with Gasteiger partial charge in [-0.25, -0.2) is 0 Å². The molecule has 324 valence electrons. The lowest BCUT2D eigenvalue weighted by molar-refractivity contribution is 1.38. The molecular formula is C58H92. The van der Waals surface area contributed by atoms with Crippen molar-refractivity contribution < 1.29 is 0 Å². The predicted molar refractivity (Wildman–Crippen MR) is 277 cm³/mol. The molecule has 0 saturated heterocycles. The van der Waals surface area contributed by atoms with Crippen LogP contribution in [-0.2, 0) is 0 Å². The first kappa shape index (κ1) is 65.2. The van der Waals surface area contributed by atoms with Crippen molar-refractivity contribution in [2.24, 2.45) is 0 Å². The third-order valence-corrected chi connectivity index (χ3v) is 6.75. The molecule has 0 saturated carbocycles. The zero-order valence-corrected chi connectivity index (χ0v) is 42.0. The quantitative estimate of drug-likeness (QED) is 0.168. The first-order valence-corrected chi connectivity index (χ1v) is 22.9. The molecule has 0 spiro atoms. The lowest BCUT2D eigenvalue weighted by atomic mass is 9.99. The Kier molecular flexibility index (Phi) is 58.8. The zero-order chi connectivity index (χ0) is 46.2. The third kappa shape index (κ3) is 31.4. The molecular weight excluding hydrogens is 697 g/mol. The Morgan fingerprint density at radius 1 is 0.207 bits per heavy atom. The molecule has 0 atom stereocenters. The SMILES string of the molecule is CC.CC.CC.CC.CC.CC.CC.CC.CC.Cc1ccc(-c2ccccc2)c(C)c1.Cc1ccc(-c2ccccc2)cc1.Cc1cccc(-c2ccccc2)c1. The van der Waals surface area contributed by atoms with E-state index in [-0.39, 0.29) is 0 Å². The van der Waals surface area contributed by atoms with Crippen molar-refractivity contribution in [1.82, 2.24) is 0 Å². The molecule has 0 bridgehead atoms. The Bertz CT molecular complexity index is 1580. The van der Waals surface area contributed by atoms with Crippen LogP contribution in [0, 0.1) is 27.7 Å². The molecule has 0 amide bonds. The lowest BCUT2D eigenvalue weighted by Crippen LogP contribution is -1.83. The summed E-state index contributed by atoms with van der Waals surface area (Å²) in [5.74, 6) is 0. The van der Waals surface area contributed by atoms with Gasteiger partial charge in [0.05, 0.1) is 0 Å². The molecule has 0 heteroatoms. The van der Waals surface area contributed by atoms with Crippen LogP contribution in [0.2, 0.25) is 0 Å². The number of hydrogen-bond acceptors (Lipinski definition) is 0. The summed E-state index contributed by atoms with van der Waals surface area (Å²) >= 11 is 0. The first-order chi connectivity index (χ1) is 28.5. The highest BCUT2D eigenvalue weighted by molar-refractivity contribution is 5.67. The Balaban J connectivity index is -0.000000146. The molecule has 0 nitrogen and oxygen atoms in total. The van der Waals surface area contributed by atoms with Crippen LogP contribution in [0.3, 0.4) is 0 Å². The molecule has 0 fully saturated rings. The van der Waals surface area contributed by atoms with E-state index in [4.69, 9.17) is 0 Å². The summed E-state index contributed by atoms with van der Waals surface area (Å²) in [6.07, 6.45) is 0. The van der Waals surface area contributed by atoms with Gasteiger partial charge in [-0.3, -0.25) is 0 Å². The Labute approximate surface area is 364 Å². The van der Waals surface area contributed by atoms with Crippen LogP contribution < -0.4 is 0 Å². The van der Waals surface area contributed by atoms with E-state index >= 15 is 0 Å². The van der Waals surface area contributed by atoms with Gasteiger partial charge in [-0.15, -0.1) is 0 Å². The number of benzene rings is 6.